The summed E-state index contributed by atoms with van der Waals surface area (Å²) in [5.41, 5.74) is 0.641. The van der Waals surface area contributed by atoms with E-state index < -0.39 is 17.4 Å². The first-order chi connectivity index (χ1) is 13.0. The molecule has 1 heterocycles. The second kappa shape index (κ2) is 8.59. The zero-order valence-electron chi connectivity index (χ0n) is 14.6. The van der Waals surface area contributed by atoms with E-state index in [-0.39, 0.29) is 30.4 Å². The first-order valence-corrected chi connectivity index (χ1v) is 9.08. The van der Waals surface area contributed by atoms with E-state index in [0.717, 1.165) is 17.7 Å². The maximum atomic E-state index is 13.7. The lowest BCUT2D eigenvalue weighted by molar-refractivity contribution is -0.134. The Morgan fingerprint density at radius 1 is 1.15 bits per heavy atom. The number of piperazine rings is 1. The smallest absolute Gasteiger partial charge is 0.223 e. The number of carbonyl (C=O) groups excluding carboxylic acids is 2. The van der Waals surface area contributed by atoms with E-state index in [4.69, 9.17) is 11.6 Å². The summed E-state index contributed by atoms with van der Waals surface area (Å²) in [4.78, 5) is 26.6. The van der Waals surface area contributed by atoms with Crippen molar-refractivity contribution in [3.8, 4) is 0 Å². The van der Waals surface area contributed by atoms with Crippen LogP contribution in [-0.4, -0.2) is 36.2 Å². The number of nitrogens with zero attached hydrogens (tertiary/aromatic N) is 1. The number of rotatable bonds is 5. The van der Waals surface area contributed by atoms with Crippen LogP contribution in [0.5, 0.6) is 0 Å². The molecule has 3 rings (SSSR count). The summed E-state index contributed by atoms with van der Waals surface area (Å²) in [5.74, 6) is -2.38. The number of Topliss-reactive ketones (excluding diaryl/α,β-unsaturated/α-hetero) is 1. The SMILES string of the molecule is O=C(CCC(=O)N1CCNCC1c1ccccc1Cl)c1ccc(F)cc1F. The van der Waals surface area contributed by atoms with Crippen molar-refractivity contribution < 1.29 is 18.4 Å². The third-order valence-corrected chi connectivity index (χ3v) is 4.97. The molecule has 1 fully saturated rings. The summed E-state index contributed by atoms with van der Waals surface area (Å²) in [6, 6.07) is 9.91. The van der Waals surface area contributed by atoms with Gasteiger partial charge in [0.15, 0.2) is 5.78 Å². The Hall–Kier alpha value is -2.31. The molecule has 2 aromatic carbocycles. The summed E-state index contributed by atoms with van der Waals surface area (Å²) in [5, 5.41) is 3.82. The Balaban J connectivity index is 1.68. The molecule has 1 unspecified atom stereocenters. The highest BCUT2D eigenvalue weighted by molar-refractivity contribution is 6.31. The van der Waals surface area contributed by atoms with E-state index >= 15 is 0 Å². The van der Waals surface area contributed by atoms with Crippen molar-refractivity contribution in [2.45, 2.75) is 18.9 Å². The number of benzene rings is 2. The lowest BCUT2D eigenvalue weighted by Crippen LogP contribution is -2.48. The Bertz CT molecular complexity index is 860. The van der Waals surface area contributed by atoms with Gasteiger partial charge in [0.05, 0.1) is 11.6 Å². The van der Waals surface area contributed by atoms with Crippen molar-refractivity contribution in [1.82, 2.24) is 10.2 Å². The first-order valence-electron chi connectivity index (χ1n) is 8.70. The molecule has 4 nitrogen and oxygen atoms in total. The summed E-state index contributed by atoms with van der Waals surface area (Å²) < 4.78 is 26.7. The van der Waals surface area contributed by atoms with Gasteiger partial charge in [0.25, 0.3) is 0 Å². The molecule has 0 radical (unpaired) electrons. The minimum absolute atomic E-state index is 0.0450. The van der Waals surface area contributed by atoms with Crippen molar-refractivity contribution in [2.24, 2.45) is 0 Å². The van der Waals surface area contributed by atoms with Crippen LogP contribution in [0, 0.1) is 11.6 Å². The highest BCUT2D eigenvalue weighted by atomic mass is 35.5. The quantitative estimate of drug-likeness (QED) is 0.788. The lowest BCUT2D eigenvalue weighted by atomic mass is 10.0. The summed E-state index contributed by atoms with van der Waals surface area (Å²) in [6.45, 7) is 1.71. The Kier molecular flexibility index (Phi) is 6.19. The van der Waals surface area contributed by atoms with Crippen LogP contribution in [-0.2, 0) is 4.79 Å². The maximum Gasteiger partial charge on any atom is 0.223 e. The van der Waals surface area contributed by atoms with Crippen LogP contribution in [0.3, 0.4) is 0 Å². The van der Waals surface area contributed by atoms with Gasteiger partial charge in [0.1, 0.15) is 11.6 Å². The summed E-state index contributed by atoms with van der Waals surface area (Å²) >= 11 is 6.27. The van der Waals surface area contributed by atoms with Crippen LogP contribution < -0.4 is 5.32 Å². The number of nitrogens with one attached hydrogen (secondary N) is 1. The fourth-order valence-electron chi connectivity index (χ4n) is 3.24. The van der Waals surface area contributed by atoms with Gasteiger partial charge in [-0.25, -0.2) is 8.78 Å². The predicted octanol–water partition coefficient (Wildman–Crippen LogP) is 3.75. The molecule has 1 atom stereocenters. The third kappa shape index (κ3) is 4.51. The molecule has 0 bridgehead atoms. The van der Waals surface area contributed by atoms with Gasteiger partial charge in [-0.3, -0.25) is 9.59 Å². The van der Waals surface area contributed by atoms with Crippen LogP contribution in [0.2, 0.25) is 5.02 Å². The van der Waals surface area contributed by atoms with Gasteiger partial charge in [-0.2, -0.15) is 0 Å². The Morgan fingerprint density at radius 2 is 1.93 bits per heavy atom. The average Bonchev–Trinajstić information content (AvgIpc) is 2.66. The molecule has 142 valence electrons. The molecule has 1 amide bonds. The van der Waals surface area contributed by atoms with Crippen molar-refractivity contribution in [2.75, 3.05) is 19.6 Å². The number of halogens is 3. The second-order valence-corrected chi connectivity index (χ2v) is 6.78. The molecule has 1 aliphatic heterocycles. The maximum absolute atomic E-state index is 13.7. The van der Waals surface area contributed by atoms with Crippen LogP contribution >= 0.6 is 11.6 Å². The highest BCUT2D eigenvalue weighted by Gasteiger charge is 2.29. The third-order valence-electron chi connectivity index (χ3n) is 4.63. The molecule has 1 N–H and O–H groups in total. The number of amides is 1. The molecular weight excluding hydrogens is 374 g/mol. The van der Waals surface area contributed by atoms with E-state index in [1.807, 2.05) is 18.2 Å². The minimum atomic E-state index is -0.913. The van der Waals surface area contributed by atoms with Crippen molar-refractivity contribution in [1.29, 1.82) is 0 Å². The number of hydrogen-bond donors (Lipinski definition) is 1. The Morgan fingerprint density at radius 3 is 2.67 bits per heavy atom. The molecule has 0 aliphatic carbocycles. The van der Waals surface area contributed by atoms with E-state index in [9.17, 15) is 18.4 Å². The van der Waals surface area contributed by atoms with Gasteiger partial charge in [0.2, 0.25) is 5.91 Å². The Labute approximate surface area is 161 Å². The van der Waals surface area contributed by atoms with Crippen molar-refractivity contribution >= 4 is 23.3 Å². The average molecular weight is 393 g/mol. The fourth-order valence-corrected chi connectivity index (χ4v) is 3.50. The molecule has 0 aromatic heterocycles. The number of hydrogen-bond acceptors (Lipinski definition) is 3. The zero-order valence-corrected chi connectivity index (χ0v) is 15.3. The van der Waals surface area contributed by atoms with Gasteiger partial charge < -0.3 is 10.2 Å². The van der Waals surface area contributed by atoms with E-state index in [0.29, 0.717) is 30.7 Å². The molecule has 0 spiro atoms. The minimum Gasteiger partial charge on any atom is -0.333 e. The molecule has 1 aliphatic rings. The molecule has 0 saturated carbocycles. The molecule has 2 aromatic rings. The zero-order chi connectivity index (χ0) is 19.4. The molecule has 1 saturated heterocycles. The van der Waals surface area contributed by atoms with Crippen LogP contribution in [0.15, 0.2) is 42.5 Å². The fraction of sp³-hybridized carbons (Fsp3) is 0.300. The highest BCUT2D eigenvalue weighted by Crippen LogP contribution is 2.29. The summed E-state index contributed by atoms with van der Waals surface area (Å²) in [7, 11) is 0. The van der Waals surface area contributed by atoms with E-state index in [1.165, 1.54) is 0 Å². The second-order valence-electron chi connectivity index (χ2n) is 6.38. The molecule has 27 heavy (non-hydrogen) atoms. The topological polar surface area (TPSA) is 49.4 Å². The lowest BCUT2D eigenvalue weighted by Gasteiger charge is -2.37. The van der Waals surface area contributed by atoms with Gasteiger partial charge in [-0.1, -0.05) is 29.8 Å². The van der Waals surface area contributed by atoms with Crippen molar-refractivity contribution in [3.63, 3.8) is 0 Å². The monoisotopic (exact) mass is 392 g/mol. The first kappa shape index (κ1) is 19.5. The van der Waals surface area contributed by atoms with Gasteiger partial charge in [-0.15, -0.1) is 0 Å². The van der Waals surface area contributed by atoms with Gasteiger partial charge in [-0.05, 0) is 23.8 Å². The van der Waals surface area contributed by atoms with Gasteiger partial charge >= 0.3 is 0 Å². The van der Waals surface area contributed by atoms with E-state index in [1.54, 1.807) is 11.0 Å². The largest absolute Gasteiger partial charge is 0.333 e. The normalized spacial score (nSPS) is 17.0. The number of carbonyl (C=O) groups is 2. The van der Waals surface area contributed by atoms with Crippen LogP contribution in [0.25, 0.3) is 0 Å². The van der Waals surface area contributed by atoms with Crippen LogP contribution in [0.1, 0.15) is 34.8 Å². The molecule has 7 heteroatoms. The predicted molar refractivity (Wildman–Crippen MR) is 98.7 cm³/mol. The standard InChI is InChI=1S/C20H19ClF2N2O2/c21-16-4-2-1-3-14(16)18-12-24-9-10-25(18)20(27)8-7-19(26)15-6-5-13(22)11-17(15)23/h1-6,11,18,24H,7-10,12H2. The molecular formula is C20H19ClF2N2O2. The van der Waals surface area contributed by atoms with E-state index in [2.05, 4.69) is 5.32 Å². The summed E-state index contributed by atoms with van der Waals surface area (Å²) in [6.07, 6.45) is -0.183. The van der Waals surface area contributed by atoms with Crippen LogP contribution in [0.4, 0.5) is 8.78 Å². The van der Waals surface area contributed by atoms with Gasteiger partial charge in [0, 0.05) is 43.6 Å². The number of ketones is 1. The van der Waals surface area contributed by atoms with Crippen molar-refractivity contribution in [3.05, 3.63) is 70.2 Å².